The fourth-order valence-electron chi connectivity index (χ4n) is 2.13. The zero-order chi connectivity index (χ0) is 11.5. The fraction of sp³-hybridized carbons (Fsp3) is 0.500. The fourth-order valence-corrected chi connectivity index (χ4v) is 2.54. The van der Waals surface area contributed by atoms with Crippen LogP contribution in [0.4, 0.5) is 4.39 Å². The van der Waals surface area contributed by atoms with E-state index in [-0.39, 0.29) is 5.82 Å². The molecule has 16 heavy (non-hydrogen) atoms. The summed E-state index contributed by atoms with van der Waals surface area (Å²) in [7, 11) is 0. The van der Waals surface area contributed by atoms with Crippen LogP contribution in [0.15, 0.2) is 22.7 Å². The van der Waals surface area contributed by atoms with E-state index in [4.69, 9.17) is 5.73 Å². The van der Waals surface area contributed by atoms with Gasteiger partial charge in [0.1, 0.15) is 5.82 Å². The molecular formula is C12H16BrFN2. The molecule has 88 valence electrons. The van der Waals surface area contributed by atoms with E-state index in [0.717, 1.165) is 23.7 Å². The largest absolute Gasteiger partial charge is 0.328 e. The van der Waals surface area contributed by atoms with Crippen molar-refractivity contribution in [3.63, 3.8) is 0 Å². The molecule has 1 fully saturated rings. The lowest BCUT2D eigenvalue weighted by atomic mass is 10.2. The van der Waals surface area contributed by atoms with Gasteiger partial charge in [0.25, 0.3) is 0 Å². The number of rotatable bonds is 3. The minimum Gasteiger partial charge on any atom is -0.328 e. The van der Waals surface area contributed by atoms with E-state index in [1.54, 1.807) is 6.07 Å². The zero-order valence-corrected chi connectivity index (χ0v) is 10.6. The highest BCUT2D eigenvalue weighted by molar-refractivity contribution is 9.10. The van der Waals surface area contributed by atoms with Gasteiger partial charge in [-0.15, -0.1) is 0 Å². The Balaban J connectivity index is 1.91. The predicted molar refractivity (Wildman–Crippen MR) is 66.6 cm³/mol. The first-order valence-corrected chi connectivity index (χ1v) is 6.37. The SMILES string of the molecule is NC1CCC(NCc2cc(Br)ccc2F)C1. The minimum absolute atomic E-state index is 0.155. The van der Waals surface area contributed by atoms with Crippen LogP contribution in [0.5, 0.6) is 0 Å². The minimum atomic E-state index is -0.155. The van der Waals surface area contributed by atoms with E-state index < -0.39 is 0 Å². The van der Waals surface area contributed by atoms with Crippen molar-refractivity contribution in [3.8, 4) is 0 Å². The first-order valence-electron chi connectivity index (χ1n) is 5.58. The van der Waals surface area contributed by atoms with Gasteiger partial charge in [0.05, 0.1) is 0 Å². The summed E-state index contributed by atoms with van der Waals surface area (Å²) in [5.41, 5.74) is 6.53. The van der Waals surface area contributed by atoms with Crippen LogP contribution in [-0.2, 0) is 6.54 Å². The Morgan fingerprint density at radius 2 is 2.25 bits per heavy atom. The Labute approximate surface area is 104 Å². The highest BCUT2D eigenvalue weighted by Crippen LogP contribution is 2.19. The molecule has 1 aliphatic carbocycles. The Bertz CT molecular complexity index is 370. The Morgan fingerprint density at radius 1 is 1.44 bits per heavy atom. The molecule has 2 unspecified atom stereocenters. The molecule has 1 aliphatic rings. The van der Waals surface area contributed by atoms with Crippen LogP contribution in [0.25, 0.3) is 0 Å². The van der Waals surface area contributed by atoms with E-state index in [9.17, 15) is 4.39 Å². The molecule has 3 N–H and O–H groups in total. The monoisotopic (exact) mass is 286 g/mol. The summed E-state index contributed by atoms with van der Waals surface area (Å²) in [6.07, 6.45) is 3.16. The van der Waals surface area contributed by atoms with Gasteiger partial charge in [-0.1, -0.05) is 15.9 Å². The highest BCUT2D eigenvalue weighted by Gasteiger charge is 2.21. The molecule has 1 aromatic carbocycles. The van der Waals surface area contributed by atoms with Gasteiger partial charge >= 0.3 is 0 Å². The van der Waals surface area contributed by atoms with Crippen LogP contribution in [0.2, 0.25) is 0 Å². The van der Waals surface area contributed by atoms with Gasteiger partial charge in [0, 0.05) is 28.7 Å². The molecule has 0 bridgehead atoms. The maximum absolute atomic E-state index is 13.4. The van der Waals surface area contributed by atoms with Crippen molar-refractivity contribution in [2.45, 2.75) is 37.9 Å². The second-order valence-electron chi connectivity index (χ2n) is 4.39. The first-order chi connectivity index (χ1) is 7.65. The molecule has 1 saturated carbocycles. The van der Waals surface area contributed by atoms with Gasteiger partial charge in [-0.2, -0.15) is 0 Å². The molecule has 0 spiro atoms. The molecule has 0 amide bonds. The smallest absolute Gasteiger partial charge is 0.127 e. The molecule has 2 atom stereocenters. The third kappa shape index (κ3) is 3.03. The number of hydrogen-bond acceptors (Lipinski definition) is 2. The van der Waals surface area contributed by atoms with Crippen molar-refractivity contribution in [1.29, 1.82) is 0 Å². The summed E-state index contributed by atoms with van der Waals surface area (Å²) in [6.45, 7) is 0.572. The topological polar surface area (TPSA) is 38.0 Å². The lowest BCUT2D eigenvalue weighted by molar-refractivity contribution is 0.503. The van der Waals surface area contributed by atoms with Crippen LogP contribution in [0, 0.1) is 5.82 Å². The van der Waals surface area contributed by atoms with Gasteiger partial charge < -0.3 is 11.1 Å². The van der Waals surface area contributed by atoms with Gasteiger partial charge in [-0.05, 0) is 37.5 Å². The van der Waals surface area contributed by atoms with E-state index in [0.29, 0.717) is 24.2 Å². The van der Waals surface area contributed by atoms with Gasteiger partial charge in [-0.25, -0.2) is 4.39 Å². The number of hydrogen-bond donors (Lipinski definition) is 2. The summed E-state index contributed by atoms with van der Waals surface area (Å²) in [5.74, 6) is -0.155. The molecule has 0 heterocycles. The first kappa shape index (κ1) is 12.0. The molecule has 4 heteroatoms. The van der Waals surface area contributed by atoms with E-state index in [2.05, 4.69) is 21.2 Å². The van der Waals surface area contributed by atoms with Crippen LogP contribution >= 0.6 is 15.9 Å². The van der Waals surface area contributed by atoms with Gasteiger partial charge in [0.15, 0.2) is 0 Å². The molecule has 2 nitrogen and oxygen atoms in total. The number of halogens is 2. The highest BCUT2D eigenvalue weighted by atomic mass is 79.9. The summed E-state index contributed by atoms with van der Waals surface area (Å²) in [4.78, 5) is 0. The molecule has 2 rings (SSSR count). The molecule has 1 aromatic rings. The van der Waals surface area contributed by atoms with Crippen LogP contribution in [0.3, 0.4) is 0 Å². The average Bonchev–Trinajstić information content (AvgIpc) is 2.66. The van der Waals surface area contributed by atoms with Crippen molar-refractivity contribution in [3.05, 3.63) is 34.1 Å². The molecule has 0 saturated heterocycles. The van der Waals surface area contributed by atoms with Gasteiger partial charge in [-0.3, -0.25) is 0 Å². The van der Waals surface area contributed by atoms with Crippen LogP contribution in [-0.4, -0.2) is 12.1 Å². The third-order valence-electron chi connectivity index (χ3n) is 3.06. The summed E-state index contributed by atoms with van der Waals surface area (Å²) in [6, 6.07) is 5.77. The number of nitrogens with one attached hydrogen (secondary N) is 1. The van der Waals surface area contributed by atoms with Gasteiger partial charge in [0.2, 0.25) is 0 Å². The average molecular weight is 287 g/mol. The lowest BCUT2D eigenvalue weighted by Gasteiger charge is -2.12. The Hall–Kier alpha value is -0.450. The molecule has 0 radical (unpaired) electrons. The maximum Gasteiger partial charge on any atom is 0.127 e. The summed E-state index contributed by atoms with van der Waals surface area (Å²) < 4.78 is 14.3. The number of nitrogens with two attached hydrogens (primary N) is 1. The quantitative estimate of drug-likeness (QED) is 0.896. The number of benzene rings is 1. The summed E-state index contributed by atoms with van der Waals surface area (Å²) >= 11 is 3.34. The van der Waals surface area contributed by atoms with E-state index >= 15 is 0 Å². The molecular weight excluding hydrogens is 271 g/mol. The summed E-state index contributed by atoms with van der Waals surface area (Å²) in [5, 5.41) is 3.36. The Kier molecular flexibility index (Phi) is 3.95. The molecule has 0 aromatic heterocycles. The Morgan fingerprint density at radius 3 is 2.94 bits per heavy atom. The van der Waals surface area contributed by atoms with Crippen LogP contribution in [0.1, 0.15) is 24.8 Å². The maximum atomic E-state index is 13.4. The van der Waals surface area contributed by atoms with Crippen molar-refractivity contribution in [2.75, 3.05) is 0 Å². The second-order valence-corrected chi connectivity index (χ2v) is 5.30. The standard InChI is InChI=1S/C12H16BrFN2/c13-9-1-4-12(14)8(5-9)7-16-11-3-2-10(15)6-11/h1,4-5,10-11,16H,2-3,6-7,15H2. The van der Waals surface area contributed by atoms with Crippen molar-refractivity contribution in [1.82, 2.24) is 5.32 Å². The molecule has 0 aliphatic heterocycles. The van der Waals surface area contributed by atoms with Crippen LogP contribution < -0.4 is 11.1 Å². The predicted octanol–water partition coefficient (Wildman–Crippen LogP) is 2.56. The normalized spacial score (nSPS) is 24.9. The second kappa shape index (κ2) is 5.25. The lowest BCUT2D eigenvalue weighted by Crippen LogP contribution is -2.28. The van der Waals surface area contributed by atoms with Crippen molar-refractivity contribution in [2.24, 2.45) is 5.73 Å². The zero-order valence-electron chi connectivity index (χ0n) is 9.05. The third-order valence-corrected chi connectivity index (χ3v) is 3.56. The van der Waals surface area contributed by atoms with Crippen molar-refractivity contribution >= 4 is 15.9 Å². The van der Waals surface area contributed by atoms with E-state index in [1.165, 1.54) is 6.07 Å². The van der Waals surface area contributed by atoms with E-state index in [1.807, 2.05) is 6.07 Å². The van der Waals surface area contributed by atoms with Crippen molar-refractivity contribution < 1.29 is 4.39 Å².